The summed E-state index contributed by atoms with van der Waals surface area (Å²) in [5.74, 6) is 0. The van der Waals surface area contributed by atoms with Gasteiger partial charge in [0, 0.05) is 0 Å². The lowest BCUT2D eigenvalue weighted by atomic mass is 10.0. The molecule has 0 aromatic heterocycles. The molecule has 92 valence electrons. The molecule has 0 aliphatic heterocycles. The molecule has 3 heteroatoms. The zero-order valence-electron chi connectivity index (χ0n) is 10.4. The van der Waals surface area contributed by atoms with Gasteiger partial charge in [-0.25, -0.2) is 0 Å². The number of hydrogen-bond acceptors (Lipinski definition) is 3. The summed E-state index contributed by atoms with van der Waals surface area (Å²) in [5.41, 5.74) is 2.38. The number of hydrogen-bond donors (Lipinski definition) is 1. The molecule has 2 aromatic rings. The summed E-state index contributed by atoms with van der Waals surface area (Å²) >= 11 is 0. The van der Waals surface area contributed by atoms with Gasteiger partial charge in [-0.05, 0) is 17.7 Å². The SMILES string of the molecule is N#CCC(Nc1ccccc1C#N)c1ccccc1. The Morgan fingerprint density at radius 1 is 0.947 bits per heavy atom. The number of benzene rings is 2. The van der Waals surface area contributed by atoms with E-state index in [0.717, 1.165) is 11.3 Å². The van der Waals surface area contributed by atoms with Crippen LogP contribution in [0.2, 0.25) is 0 Å². The van der Waals surface area contributed by atoms with Gasteiger partial charge in [-0.15, -0.1) is 0 Å². The largest absolute Gasteiger partial charge is 0.376 e. The van der Waals surface area contributed by atoms with Crippen LogP contribution in [0, 0.1) is 22.7 Å². The van der Waals surface area contributed by atoms with Gasteiger partial charge < -0.3 is 5.32 Å². The number of nitrogens with one attached hydrogen (secondary N) is 1. The molecule has 0 heterocycles. The van der Waals surface area contributed by atoms with E-state index in [0.29, 0.717) is 12.0 Å². The highest BCUT2D eigenvalue weighted by Gasteiger charge is 2.12. The van der Waals surface area contributed by atoms with E-state index in [1.54, 1.807) is 6.07 Å². The second-order valence-electron chi connectivity index (χ2n) is 4.13. The summed E-state index contributed by atoms with van der Waals surface area (Å²) in [6.45, 7) is 0. The molecule has 1 atom stereocenters. The monoisotopic (exact) mass is 247 g/mol. The van der Waals surface area contributed by atoms with E-state index in [1.807, 2.05) is 48.5 Å². The fraction of sp³-hybridized carbons (Fsp3) is 0.125. The molecule has 0 saturated carbocycles. The molecule has 0 radical (unpaired) electrons. The molecule has 0 fully saturated rings. The van der Waals surface area contributed by atoms with Crippen LogP contribution in [0.1, 0.15) is 23.6 Å². The van der Waals surface area contributed by atoms with Gasteiger partial charge in [-0.1, -0.05) is 42.5 Å². The number of nitriles is 2. The third-order valence-electron chi connectivity index (χ3n) is 2.87. The van der Waals surface area contributed by atoms with E-state index in [-0.39, 0.29) is 6.04 Å². The van der Waals surface area contributed by atoms with Gasteiger partial charge in [-0.3, -0.25) is 0 Å². The molecule has 0 spiro atoms. The second kappa shape index (κ2) is 6.23. The van der Waals surface area contributed by atoms with Crippen molar-refractivity contribution in [3.8, 4) is 12.1 Å². The predicted octanol–water partition coefficient (Wildman–Crippen LogP) is 3.63. The molecule has 2 rings (SSSR count). The lowest BCUT2D eigenvalue weighted by Gasteiger charge is -2.18. The Hall–Kier alpha value is -2.78. The van der Waals surface area contributed by atoms with Gasteiger partial charge in [0.05, 0.1) is 29.8 Å². The normalized spacial score (nSPS) is 11.1. The van der Waals surface area contributed by atoms with Gasteiger partial charge >= 0.3 is 0 Å². The van der Waals surface area contributed by atoms with Crippen molar-refractivity contribution in [2.24, 2.45) is 0 Å². The average Bonchev–Trinajstić information content (AvgIpc) is 2.48. The highest BCUT2D eigenvalue weighted by molar-refractivity contribution is 5.58. The Bertz CT molecular complexity index is 620. The van der Waals surface area contributed by atoms with Crippen molar-refractivity contribution in [3.63, 3.8) is 0 Å². The van der Waals surface area contributed by atoms with Crippen LogP contribution in [-0.4, -0.2) is 0 Å². The summed E-state index contributed by atoms with van der Waals surface area (Å²) in [7, 11) is 0. The summed E-state index contributed by atoms with van der Waals surface area (Å²) in [4.78, 5) is 0. The quantitative estimate of drug-likeness (QED) is 0.897. The van der Waals surface area contributed by atoms with Crippen LogP contribution in [0.5, 0.6) is 0 Å². The van der Waals surface area contributed by atoms with Crippen LogP contribution in [0.25, 0.3) is 0 Å². The van der Waals surface area contributed by atoms with Gasteiger partial charge in [0.2, 0.25) is 0 Å². The van der Waals surface area contributed by atoms with Crippen LogP contribution < -0.4 is 5.32 Å². The predicted molar refractivity (Wildman–Crippen MR) is 74.2 cm³/mol. The van der Waals surface area contributed by atoms with Crippen molar-refractivity contribution >= 4 is 5.69 Å². The Morgan fingerprint density at radius 3 is 2.32 bits per heavy atom. The molecule has 1 N–H and O–H groups in total. The minimum atomic E-state index is -0.110. The van der Waals surface area contributed by atoms with E-state index in [4.69, 9.17) is 10.5 Å². The first-order chi connectivity index (χ1) is 9.35. The van der Waals surface area contributed by atoms with Crippen molar-refractivity contribution in [2.75, 3.05) is 5.32 Å². The number of anilines is 1. The molecular formula is C16H13N3. The number of nitrogens with zero attached hydrogens (tertiary/aromatic N) is 2. The average molecular weight is 247 g/mol. The van der Waals surface area contributed by atoms with E-state index in [2.05, 4.69) is 17.5 Å². The number of rotatable bonds is 4. The molecule has 0 bridgehead atoms. The van der Waals surface area contributed by atoms with Gasteiger partial charge in [0.1, 0.15) is 6.07 Å². The molecule has 2 aromatic carbocycles. The fourth-order valence-corrected chi connectivity index (χ4v) is 1.92. The molecule has 3 nitrogen and oxygen atoms in total. The standard InChI is InChI=1S/C16H13N3/c17-11-10-16(13-6-2-1-3-7-13)19-15-9-5-4-8-14(15)12-18/h1-9,16,19H,10H2. The molecule has 0 aliphatic carbocycles. The lowest BCUT2D eigenvalue weighted by molar-refractivity contribution is 0.805. The molecule has 0 aliphatic rings. The van der Waals surface area contributed by atoms with Crippen molar-refractivity contribution in [3.05, 3.63) is 65.7 Å². The third-order valence-corrected chi connectivity index (χ3v) is 2.87. The minimum Gasteiger partial charge on any atom is -0.376 e. The maximum absolute atomic E-state index is 9.08. The van der Waals surface area contributed by atoms with Crippen molar-refractivity contribution < 1.29 is 0 Å². The van der Waals surface area contributed by atoms with E-state index >= 15 is 0 Å². The summed E-state index contributed by atoms with van der Waals surface area (Å²) in [5, 5.41) is 21.3. The van der Waals surface area contributed by atoms with Crippen LogP contribution in [-0.2, 0) is 0 Å². The zero-order valence-corrected chi connectivity index (χ0v) is 10.4. The topological polar surface area (TPSA) is 59.6 Å². The summed E-state index contributed by atoms with van der Waals surface area (Å²) < 4.78 is 0. The first-order valence-electron chi connectivity index (χ1n) is 6.02. The van der Waals surface area contributed by atoms with Crippen molar-refractivity contribution in [1.29, 1.82) is 10.5 Å². The molecule has 0 amide bonds. The van der Waals surface area contributed by atoms with Gasteiger partial charge in [-0.2, -0.15) is 10.5 Å². The van der Waals surface area contributed by atoms with Gasteiger partial charge in [0.15, 0.2) is 0 Å². The third kappa shape index (κ3) is 3.12. The maximum atomic E-state index is 9.08. The molecule has 19 heavy (non-hydrogen) atoms. The minimum absolute atomic E-state index is 0.110. The highest BCUT2D eigenvalue weighted by atomic mass is 14.9. The Kier molecular flexibility index (Phi) is 4.16. The molecule has 1 unspecified atom stereocenters. The second-order valence-corrected chi connectivity index (χ2v) is 4.13. The maximum Gasteiger partial charge on any atom is 0.101 e. The van der Waals surface area contributed by atoms with E-state index in [9.17, 15) is 0 Å². The fourth-order valence-electron chi connectivity index (χ4n) is 1.92. The van der Waals surface area contributed by atoms with E-state index in [1.165, 1.54) is 0 Å². The Morgan fingerprint density at radius 2 is 1.63 bits per heavy atom. The molecule has 0 saturated heterocycles. The zero-order chi connectivity index (χ0) is 13.5. The van der Waals surface area contributed by atoms with Crippen LogP contribution in [0.15, 0.2) is 54.6 Å². The summed E-state index contributed by atoms with van der Waals surface area (Å²) in [6.07, 6.45) is 0.351. The van der Waals surface area contributed by atoms with Crippen LogP contribution >= 0.6 is 0 Å². The van der Waals surface area contributed by atoms with Crippen LogP contribution in [0.4, 0.5) is 5.69 Å². The molecular weight excluding hydrogens is 234 g/mol. The first-order valence-corrected chi connectivity index (χ1v) is 6.02. The van der Waals surface area contributed by atoms with Crippen LogP contribution in [0.3, 0.4) is 0 Å². The van der Waals surface area contributed by atoms with Gasteiger partial charge in [0.25, 0.3) is 0 Å². The first kappa shape index (κ1) is 12.7. The van der Waals surface area contributed by atoms with Crippen molar-refractivity contribution in [1.82, 2.24) is 0 Å². The lowest BCUT2D eigenvalue weighted by Crippen LogP contribution is -2.11. The Labute approximate surface area is 112 Å². The summed E-state index contributed by atoms with van der Waals surface area (Å²) in [6, 6.07) is 21.3. The number of para-hydroxylation sites is 1. The van der Waals surface area contributed by atoms with E-state index < -0.39 is 0 Å². The van der Waals surface area contributed by atoms with Crippen molar-refractivity contribution in [2.45, 2.75) is 12.5 Å². The Balaban J connectivity index is 2.28. The highest BCUT2D eigenvalue weighted by Crippen LogP contribution is 2.24. The smallest absolute Gasteiger partial charge is 0.101 e.